The third-order valence-electron chi connectivity index (χ3n) is 3.18. The summed E-state index contributed by atoms with van der Waals surface area (Å²) in [5, 5.41) is 19.9. The molecule has 0 heterocycles. The monoisotopic (exact) mass is 232 g/mol. The predicted molar refractivity (Wildman–Crippen MR) is 65.4 cm³/mol. The Morgan fingerprint density at radius 2 is 2.12 bits per heavy atom. The van der Waals surface area contributed by atoms with Gasteiger partial charge in [0.25, 0.3) is 5.69 Å². The third kappa shape index (κ3) is 3.28. The summed E-state index contributed by atoms with van der Waals surface area (Å²) < 4.78 is 0. The van der Waals surface area contributed by atoms with Gasteiger partial charge in [0.2, 0.25) is 0 Å². The van der Waals surface area contributed by atoms with Gasteiger partial charge in [0.05, 0.1) is 16.4 Å². The Labute approximate surface area is 101 Å². The van der Waals surface area contributed by atoms with Crippen LogP contribution in [0.15, 0.2) is 24.3 Å². The number of nitrogens with zero attached hydrogens (tertiary/aromatic N) is 2. The summed E-state index contributed by atoms with van der Waals surface area (Å²) in [7, 11) is 0. The van der Waals surface area contributed by atoms with Crippen LogP contribution in [0.25, 0.3) is 0 Å². The van der Waals surface area contributed by atoms with Crippen LogP contribution in [0.2, 0.25) is 0 Å². The lowest BCUT2D eigenvalue weighted by Crippen LogP contribution is -2.13. The van der Waals surface area contributed by atoms with Crippen molar-refractivity contribution in [3.63, 3.8) is 0 Å². The van der Waals surface area contributed by atoms with Gasteiger partial charge >= 0.3 is 0 Å². The second-order valence-corrected chi connectivity index (χ2v) is 4.41. The molecule has 4 nitrogen and oxygen atoms in total. The minimum atomic E-state index is -0.399. The van der Waals surface area contributed by atoms with Crippen LogP contribution in [0, 0.1) is 26.9 Å². The first-order valence-electron chi connectivity index (χ1n) is 5.66. The van der Waals surface area contributed by atoms with Gasteiger partial charge in [-0.2, -0.15) is 5.26 Å². The Bertz CT molecular complexity index is 451. The molecule has 90 valence electrons. The smallest absolute Gasteiger partial charge is 0.258 e. The van der Waals surface area contributed by atoms with Crippen LogP contribution in [-0.2, 0) is 6.42 Å². The molecule has 0 amide bonds. The second kappa shape index (κ2) is 5.44. The van der Waals surface area contributed by atoms with Crippen LogP contribution in [0.3, 0.4) is 0 Å². The van der Waals surface area contributed by atoms with Gasteiger partial charge in [-0.15, -0.1) is 0 Å². The van der Waals surface area contributed by atoms with Gasteiger partial charge in [0.15, 0.2) is 0 Å². The van der Waals surface area contributed by atoms with Crippen LogP contribution in [0.5, 0.6) is 0 Å². The number of nitriles is 1. The summed E-state index contributed by atoms with van der Waals surface area (Å²) in [5.41, 5.74) is 0.445. The molecule has 1 rings (SSSR count). The molecule has 0 aliphatic heterocycles. The number of nitro benzene ring substituents is 1. The van der Waals surface area contributed by atoms with Crippen molar-refractivity contribution in [2.45, 2.75) is 33.1 Å². The summed E-state index contributed by atoms with van der Waals surface area (Å²) in [5.74, 6) is 0. The Morgan fingerprint density at radius 3 is 2.65 bits per heavy atom. The zero-order valence-electron chi connectivity index (χ0n) is 10.1. The number of hydrogen-bond donors (Lipinski definition) is 0. The Morgan fingerprint density at radius 1 is 1.47 bits per heavy atom. The SMILES string of the molecule is CCC(C)(C#N)CCc1ccccc1[N+](=O)[O-]. The van der Waals surface area contributed by atoms with E-state index in [1.54, 1.807) is 18.2 Å². The minimum Gasteiger partial charge on any atom is -0.258 e. The lowest BCUT2D eigenvalue weighted by Gasteiger charge is -2.18. The van der Waals surface area contributed by atoms with Crippen molar-refractivity contribution in [1.82, 2.24) is 0 Å². The summed E-state index contributed by atoms with van der Waals surface area (Å²) in [4.78, 5) is 10.5. The molecule has 0 saturated carbocycles. The van der Waals surface area contributed by atoms with Crippen LogP contribution >= 0.6 is 0 Å². The first kappa shape index (κ1) is 13.2. The van der Waals surface area contributed by atoms with E-state index in [0.717, 1.165) is 6.42 Å². The normalized spacial score (nSPS) is 13.7. The quantitative estimate of drug-likeness (QED) is 0.576. The Balaban J connectivity index is 2.83. The Kier molecular flexibility index (Phi) is 4.22. The molecule has 1 unspecified atom stereocenters. The molecular formula is C13H16N2O2. The van der Waals surface area contributed by atoms with Crippen molar-refractivity contribution in [2.24, 2.45) is 5.41 Å². The number of hydrogen-bond acceptors (Lipinski definition) is 3. The fraction of sp³-hybridized carbons (Fsp3) is 0.462. The molecule has 1 aromatic carbocycles. The molecule has 0 spiro atoms. The summed E-state index contributed by atoms with van der Waals surface area (Å²) in [6.07, 6.45) is 1.96. The lowest BCUT2D eigenvalue weighted by atomic mass is 9.83. The van der Waals surface area contributed by atoms with E-state index in [1.807, 2.05) is 13.8 Å². The molecule has 0 aliphatic rings. The highest BCUT2D eigenvalue weighted by Crippen LogP contribution is 2.28. The standard InChI is InChI=1S/C13H16N2O2/c1-3-13(2,10-14)9-8-11-6-4-5-7-12(11)15(16)17/h4-7H,3,8-9H2,1-2H3. The summed E-state index contributed by atoms with van der Waals surface area (Å²) in [6.45, 7) is 3.85. The fourth-order valence-electron chi connectivity index (χ4n) is 1.62. The van der Waals surface area contributed by atoms with E-state index in [1.165, 1.54) is 6.07 Å². The minimum absolute atomic E-state index is 0.142. The van der Waals surface area contributed by atoms with Gasteiger partial charge in [-0.25, -0.2) is 0 Å². The van der Waals surface area contributed by atoms with Crippen molar-refractivity contribution >= 4 is 5.69 Å². The third-order valence-corrected chi connectivity index (χ3v) is 3.18. The van der Waals surface area contributed by atoms with E-state index in [9.17, 15) is 10.1 Å². The Hall–Kier alpha value is -1.89. The highest BCUT2D eigenvalue weighted by Gasteiger charge is 2.22. The largest absolute Gasteiger partial charge is 0.272 e. The van der Waals surface area contributed by atoms with Gasteiger partial charge in [-0.3, -0.25) is 10.1 Å². The van der Waals surface area contributed by atoms with Gasteiger partial charge in [-0.1, -0.05) is 25.1 Å². The lowest BCUT2D eigenvalue weighted by molar-refractivity contribution is -0.385. The van der Waals surface area contributed by atoms with Crippen LogP contribution in [0.4, 0.5) is 5.69 Å². The average Bonchev–Trinajstić information content (AvgIpc) is 2.36. The first-order chi connectivity index (χ1) is 8.02. The van der Waals surface area contributed by atoms with Crippen molar-refractivity contribution in [2.75, 3.05) is 0 Å². The van der Waals surface area contributed by atoms with Crippen LogP contribution < -0.4 is 0 Å². The van der Waals surface area contributed by atoms with E-state index >= 15 is 0 Å². The van der Waals surface area contributed by atoms with Crippen molar-refractivity contribution in [3.8, 4) is 6.07 Å². The molecule has 0 aromatic heterocycles. The van der Waals surface area contributed by atoms with Gasteiger partial charge in [-0.05, 0) is 26.2 Å². The highest BCUT2D eigenvalue weighted by atomic mass is 16.6. The maximum atomic E-state index is 10.8. The van der Waals surface area contributed by atoms with E-state index in [4.69, 9.17) is 5.26 Å². The van der Waals surface area contributed by atoms with Crippen LogP contribution in [-0.4, -0.2) is 4.92 Å². The fourth-order valence-corrected chi connectivity index (χ4v) is 1.62. The molecule has 0 bridgehead atoms. The van der Waals surface area contributed by atoms with E-state index < -0.39 is 5.41 Å². The molecule has 0 radical (unpaired) electrons. The van der Waals surface area contributed by atoms with Gasteiger partial charge < -0.3 is 0 Å². The number of para-hydroxylation sites is 1. The number of nitro groups is 1. The van der Waals surface area contributed by atoms with E-state index in [0.29, 0.717) is 18.4 Å². The molecule has 0 fully saturated rings. The van der Waals surface area contributed by atoms with Crippen molar-refractivity contribution in [3.05, 3.63) is 39.9 Å². The predicted octanol–water partition coefficient (Wildman–Crippen LogP) is 3.47. The number of rotatable bonds is 5. The zero-order chi connectivity index (χ0) is 12.9. The maximum absolute atomic E-state index is 10.8. The molecule has 0 saturated heterocycles. The molecule has 1 aromatic rings. The maximum Gasteiger partial charge on any atom is 0.272 e. The molecule has 0 aliphatic carbocycles. The molecule has 4 heteroatoms. The van der Waals surface area contributed by atoms with Crippen molar-refractivity contribution < 1.29 is 4.92 Å². The topological polar surface area (TPSA) is 66.9 Å². The molecule has 17 heavy (non-hydrogen) atoms. The van der Waals surface area contributed by atoms with E-state index in [-0.39, 0.29) is 10.6 Å². The molecular weight excluding hydrogens is 216 g/mol. The van der Waals surface area contributed by atoms with Crippen molar-refractivity contribution in [1.29, 1.82) is 5.26 Å². The van der Waals surface area contributed by atoms with Gasteiger partial charge in [0, 0.05) is 11.6 Å². The summed E-state index contributed by atoms with van der Waals surface area (Å²) in [6, 6.07) is 8.99. The number of benzene rings is 1. The van der Waals surface area contributed by atoms with Crippen LogP contribution in [0.1, 0.15) is 32.3 Å². The van der Waals surface area contributed by atoms with Gasteiger partial charge in [0.1, 0.15) is 0 Å². The summed E-state index contributed by atoms with van der Waals surface area (Å²) >= 11 is 0. The molecule has 1 atom stereocenters. The number of aryl methyl sites for hydroxylation is 1. The average molecular weight is 232 g/mol. The molecule has 0 N–H and O–H groups in total. The second-order valence-electron chi connectivity index (χ2n) is 4.41. The highest BCUT2D eigenvalue weighted by molar-refractivity contribution is 5.39. The first-order valence-corrected chi connectivity index (χ1v) is 5.66. The zero-order valence-corrected chi connectivity index (χ0v) is 10.1. The van der Waals surface area contributed by atoms with E-state index in [2.05, 4.69) is 6.07 Å².